The summed E-state index contributed by atoms with van der Waals surface area (Å²) in [6.07, 6.45) is 0. The molecule has 0 aliphatic carbocycles. The van der Waals surface area contributed by atoms with Gasteiger partial charge in [-0.3, -0.25) is 0 Å². The number of aromatic nitrogens is 2. The third-order valence-electron chi connectivity index (χ3n) is 1.06. The van der Waals surface area contributed by atoms with Crippen LogP contribution in [-0.2, 0) is 13.6 Å². The Morgan fingerprint density at radius 2 is 2.50 bits per heavy atom. The van der Waals surface area contributed by atoms with Crippen molar-refractivity contribution in [3.8, 4) is 0 Å². The van der Waals surface area contributed by atoms with Crippen LogP contribution in [0.4, 0.5) is 0 Å². The Bertz CT molecular complexity index is 262. The lowest BCUT2D eigenvalue weighted by atomic mass is 10.6. The van der Waals surface area contributed by atoms with Crippen molar-refractivity contribution >= 4 is 0 Å². The van der Waals surface area contributed by atoms with Gasteiger partial charge in [-0.15, -0.1) is 5.10 Å². The second-order valence-electron chi connectivity index (χ2n) is 1.92. The Kier molecular flexibility index (Phi) is 1.86. The quantitative estimate of drug-likeness (QED) is 0.582. The first-order valence-electron chi connectivity index (χ1n) is 2.91. The van der Waals surface area contributed by atoms with Gasteiger partial charge in [-0.2, -0.15) is 4.68 Å². The van der Waals surface area contributed by atoms with Crippen LogP contribution < -0.4 is 11.1 Å². The van der Waals surface area contributed by atoms with Gasteiger partial charge in [-0.25, -0.2) is 4.79 Å². The molecule has 56 valence electrons. The van der Waals surface area contributed by atoms with Crippen LogP contribution in [0.5, 0.6) is 0 Å². The van der Waals surface area contributed by atoms with E-state index in [1.165, 1.54) is 0 Å². The molecule has 0 saturated carbocycles. The van der Waals surface area contributed by atoms with Gasteiger partial charge in [0.05, 0.1) is 6.54 Å². The minimum atomic E-state index is -0.426. The fourth-order valence-electron chi connectivity index (χ4n) is 0.618. The van der Waals surface area contributed by atoms with Crippen LogP contribution in [0.1, 0.15) is 5.89 Å². The fraction of sp³-hybridized carbons (Fsp3) is 0.600. The first kappa shape index (κ1) is 7.01. The van der Waals surface area contributed by atoms with Crippen molar-refractivity contribution in [2.24, 2.45) is 7.05 Å². The molecule has 0 saturated heterocycles. The van der Waals surface area contributed by atoms with Gasteiger partial charge in [-0.05, 0) is 7.05 Å². The number of hydrogen-bond acceptors (Lipinski definition) is 4. The Morgan fingerprint density at radius 1 is 1.80 bits per heavy atom. The summed E-state index contributed by atoms with van der Waals surface area (Å²) in [6, 6.07) is 0. The van der Waals surface area contributed by atoms with Crippen molar-refractivity contribution in [2.75, 3.05) is 7.05 Å². The normalized spacial score (nSPS) is 10.2. The number of nitrogens with zero attached hydrogens (tertiary/aromatic N) is 2. The van der Waals surface area contributed by atoms with E-state index in [0.717, 1.165) is 4.68 Å². The molecule has 0 radical (unpaired) electrons. The second kappa shape index (κ2) is 2.66. The van der Waals surface area contributed by atoms with Crippen LogP contribution >= 0.6 is 0 Å². The Balaban J connectivity index is 2.88. The lowest BCUT2D eigenvalue weighted by Crippen LogP contribution is -2.10. The summed E-state index contributed by atoms with van der Waals surface area (Å²) in [5, 5.41) is 6.59. The molecule has 5 heteroatoms. The van der Waals surface area contributed by atoms with E-state index in [9.17, 15) is 4.79 Å². The van der Waals surface area contributed by atoms with Crippen molar-refractivity contribution in [3.63, 3.8) is 0 Å². The Morgan fingerprint density at radius 3 is 2.90 bits per heavy atom. The minimum absolute atomic E-state index is 0.412. The average Bonchev–Trinajstić information content (AvgIpc) is 2.14. The summed E-state index contributed by atoms with van der Waals surface area (Å²) in [7, 11) is 3.31. The molecule has 0 fully saturated rings. The van der Waals surface area contributed by atoms with E-state index in [0.29, 0.717) is 12.4 Å². The van der Waals surface area contributed by atoms with Crippen molar-refractivity contribution in [2.45, 2.75) is 6.54 Å². The molecule has 10 heavy (non-hydrogen) atoms. The maximum absolute atomic E-state index is 10.6. The highest BCUT2D eigenvalue weighted by Gasteiger charge is 2.00. The molecule has 1 N–H and O–H groups in total. The van der Waals surface area contributed by atoms with E-state index < -0.39 is 5.76 Å². The van der Waals surface area contributed by atoms with Crippen LogP contribution in [0.3, 0.4) is 0 Å². The predicted molar refractivity (Wildman–Crippen MR) is 34.5 cm³/mol. The zero-order valence-electron chi connectivity index (χ0n) is 5.92. The molecule has 1 aromatic rings. The highest BCUT2D eigenvalue weighted by Crippen LogP contribution is 1.85. The number of rotatable bonds is 2. The minimum Gasteiger partial charge on any atom is -0.391 e. The third-order valence-corrected chi connectivity index (χ3v) is 1.06. The van der Waals surface area contributed by atoms with Crippen molar-refractivity contribution in [1.29, 1.82) is 0 Å². The van der Waals surface area contributed by atoms with E-state index in [1.807, 2.05) is 0 Å². The van der Waals surface area contributed by atoms with Crippen molar-refractivity contribution in [3.05, 3.63) is 16.4 Å². The van der Waals surface area contributed by atoms with Gasteiger partial charge in [-0.1, -0.05) is 0 Å². The maximum atomic E-state index is 10.6. The highest BCUT2D eigenvalue weighted by molar-refractivity contribution is 4.71. The molecule has 0 atom stereocenters. The van der Waals surface area contributed by atoms with Crippen molar-refractivity contribution in [1.82, 2.24) is 15.1 Å². The summed E-state index contributed by atoms with van der Waals surface area (Å²) in [5.74, 6) is -0.0137. The topological polar surface area (TPSA) is 60.1 Å². The van der Waals surface area contributed by atoms with Crippen LogP contribution in [0.25, 0.3) is 0 Å². The number of nitrogens with one attached hydrogen (secondary N) is 1. The molecule has 0 spiro atoms. The summed E-state index contributed by atoms with van der Waals surface area (Å²) in [4.78, 5) is 10.6. The third kappa shape index (κ3) is 1.24. The van der Waals surface area contributed by atoms with Crippen LogP contribution in [0.15, 0.2) is 9.21 Å². The smallest absolute Gasteiger partial charge is 0.391 e. The van der Waals surface area contributed by atoms with Crippen LogP contribution in [-0.4, -0.2) is 16.8 Å². The largest absolute Gasteiger partial charge is 0.436 e. The Hall–Kier alpha value is -1.10. The van der Waals surface area contributed by atoms with E-state index in [1.54, 1.807) is 14.1 Å². The molecule has 0 aliphatic heterocycles. The summed E-state index contributed by atoms with van der Waals surface area (Å²) >= 11 is 0. The molecular formula is C5H9N3O2. The summed E-state index contributed by atoms with van der Waals surface area (Å²) in [5.41, 5.74) is 0. The van der Waals surface area contributed by atoms with Gasteiger partial charge in [0.15, 0.2) is 0 Å². The van der Waals surface area contributed by atoms with Gasteiger partial charge in [0.1, 0.15) is 0 Å². The van der Waals surface area contributed by atoms with Crippen molar-refractivity contribution < 1.29 is 4.42 Å². The maximum Gasteiger partial charge on any atom is 0.436 e. The van der Waals surface area contributed by atoms with Crippen LogP contribution in [0, 0.1) is 0 Å². The molecule has 0 unspecified atom stereocenters. The van der Waals surface area contributed by atoms with Gasteiger partial charge in [0, 0.05) is 7.05 Å². The SMILES string of the molecule is CNCc1nn(C)c(=O)o1. The zero-order valence-corrected chi connectivity index (χ0v) is 5.92. The van der Waals surface area contributed by atoms with E-state index in [4.69, 9.17) is 0 Å². The molecule has 1 rings (SSSR count). The predicted octanol–water partition coefficient (Wildman–Crippen LogP) is -0.907. The van der Waals surface area contributed by atoms with Gasteiger partial charge < -0.3 is 9.73 Å². The average molecular weight is 143 g/mol. The fourth-order valence-corrected chi connectivity index (χ4v) is 0.618. The zero-order chi connectivity index (χ0) is 7.56. The molecule has 1 aromatic heterocycles. The lowest BCUT2D eigenvalue weighted by molar-refractivity contribution is 0.444. The molecule has 0 bridgehead atoms. The molecular weight excluding hydrogens is 134 g/mol. The summed E-state index contributed by atoms with van der Waals surface area (Å²) < 4.78 is 5.85. The van der Waals surface area contributed by atoms with E-state index >= 15 is 0 Å². The first-order chi connectivity index (χ1) is 4.74. The number of hydrogen-bond donors (Lipinski definition) is 1. The molecule has 5 nitrogen and oxygen atoms in total. The molecule has 0 aromatic carbocycles. The Labute approximate surface area is 57.6 Å². The lowest BCUT2D eigenvalue weighted by Gasteiger charge is -1.86. The molecule has 0 aliphatic rings. The second-order valence-corrected chi connectivity index (χ2v) is 1.92. The van der Waals surface area contributed by atoms with Gasteiger partial charge in [0.2, 0.25) is 5.89 Å². The first-order valence-corrected chi connectivity index (χ1v) is 2.91. The van der Waals surface area contributed by atoms with Crippen LogP contribution in [0.2, 0.25) is 0 Å². The van der Waals surface area contributed by atoms with Gasteiger partial charge >= 0.3 is 5.76 Å². The standard InChI is InChI=1S/C5H9N3O2/c1-6-3-4-7-8(2)5(9)10-4/h6H,3H2,1-2H3. The monoisotopic (exact) mass is 143 g/mol. The molecule has 0 amide bonds. The van der Waals surface area contributed by atoms with E-state index in [-0.39, 0.29) is 0 Å². The highest BCUT2D eigenvalue weighted by atomic mass is 16.4. The molecule has 1 heterocycles. The van der Waals surface area contributed by atoms with Gasteiger partial charge in [0.25, 0.3) is 0 Å². The number of aryl methyl sites for hydroxylation is 1. The summed E-state index contributed by atoms with van der Waals surface area (Å²) in [6.45, 7) is 0.482. The van der Waals surface area contributed by atoms with E-state index in [2.05, 4.69) is 14.8 Å².